The van der Waals surface area contributed by atoms with E-state index in [0.29, 0.717) is 0 Å². The van der Waals surface area contributed by atoms with Crippen molar-refractivity contribution in [3.63, 3.8) is 0 Å². The number of rotatable bonds is 4. The van der Waals surface area contributed by atoms with Crippen molar-refractivity contribution < 1.29 is 4.74 Å². The van der Waals surface area contributed by atoms with E-state index in [1.54, 1.807) is 7.11 Å². The van der Waals surface area contributed by atoms with Crippen LogP contribution in [-0.4, -0.2) is 24.1 Å². The van der Waals surface area contributed by atoms with Crippen LogP contribution in [0.15, 0.2) is 6.20 Å². The third-order valence-corrected chi connectivity index (χ3v) is 3.48. The molecule has 2 rings (SSSR count). The van der Waals surface area contributed by atoms with Crippen molar-refractivity contribution in [2.75, 3.05) is 14.2 Å². The Morgan fingerprint density at radius 1 is 1.44 bits per heavy atom. The number of nitrogens with zero attached hydrogens (tertiary/aromatic N) is 1. The lowest BCUT2D eigenvalue weighted by molar-refractivity contribution is -0.0509. The number of hydrogen-bond acceptors (Lipinski definition) is 3. The normalized spacial score (nSPS) is 19.9. The molecular formula is C12H21N3O. The van der Waals surface area contributed by atoms with Gasteiger partial charge in [-0.2, -0.15) is 0 Å². The second-order valence-corrected chi connectivity index (χ2v) is 4.55. The average Bonchev–Trinajstić information content (AvgIpc) is 2.80. The first-order valence-electron chi connectivity index (χ1n) is 6.05. The Bertz CT molecular complexity index is 329. The Hall–Kier alpha value is -0.870. The predicted octanol–water partition coefficient (Wildman–Crippen LogP) is 1.93. The molecule has 4 heteroatoms. The molecule has 1 aliphatic rings. The first-order valence-corrected chi connectivity index (χ1v) is 6.05. The van der Waals surface area contributed by atoms with Gasteiger partial charge in [0.1, 0.15) is 11.4 Å². The summed E-state index contributed by atoms with van der Waals surface area (Å²) in [6, 6.07) is 0. The third kappa shape index (κ3) is 2.13. The van der Waals surface area contributed by atoms with E-state index < -0.39 is 0 Å². The molecule has 0 unspecified atom stereocenters. The SMILES string of the molecule is CNCc1cnc(C2(OC)CCCCC2)[nH]1. The number of imidazole rings is 1. The number of H-pyrrole nitrogens is 1. The largest absolute Gasteiger partial charge is 0.370 e. The molecule has 0 atom stereocenters. The summed E-state index contributed by atoms with van der Waals surface area (Å²) in [6.07, 6.45) is 7.84. The zero-order chi connectivity index (χ0) is 11.4. The van der Waals surface area contributed by atoms with E-state index in [2.05, 4.69) is 15.3 Å². The third-order valence-electron chi connectivity index (χ3n) is 3.48. The predicted molar refractivity (Wildman–Crippen MR) is 63.1 cm³/mol. The van der Waals surface area contributed by atoms with E-state index in [0.717, 1.165) is 30.9 Å². The highest BCUT2D eigenvalue weighted by Gasteiger charge is 2.36. The second kappa shape index (κ2) is 4.97. The number of nitrogens with one attached hydrogen (secondary N) is 2. The zero-order valence-corrected chi connectivity index (χ0v) is 10.2. The quantitative estimate of drug-likeness (QED) is 0.820. The molecule has 0 amide bonds. The summed E-state index contributed by atoms with van der Waals surface area (Å²) in [6.45, 7) is 0.826. The minimum Gasteiger partial charge on any atom is -0.370 e. The standard InChI is InChI=1S/C12H21N3O/c1-13-8-10-9-14-11(15-10)12(16-2)6-4-3-5-7-12/h9,13H,3-8H2,1-2H3,(H,14,15). The topological polar surface area (TPSA) is 49.9 Å². The Labute approximate surface area is 96.8 Å². The molecular weight excluding hydrogens is 202 g/mol. The Morgan fingerprint density at radius 3 is 2.81 bits per heavy atom. The van der Waals surface area contributed by atoms with Crippen LogP contribution in [0.5, 0.6) is 0 Å². The summed E-state index contributed by atoms with van der Waals surface area (Å²) in [5.41, 5.74) is 0.962. The number of aromatic nitrogens is 2. The van der Waals surface area contributed by atoms with Crippen LogP contribution >= 0.6 is 0 Å². The Balaban J connectivity index is 2.18. The van der Waals surface area contributed by atoms with Gasteiger partial charge in [-0.3, -0.25) is 0 Å². The van der Waals surface area contributed by atoms with E-state index in [1.165, 1.54) is 19.3 Å². The molecule has 0 bridgehead atoms. The van der Waals surface area contributed by atoms with Gasteiger partial charge in [0, 0.05) is 25.5 Å². The van der Waals surface area contributed by atoms with Gasteiger partial charge < -0.3 is 15.0 Å². The van der Waals surface area contributed by atoms with Crippen molar-refractivity contribution in [1.29, 1.82) is 0 Å². The van der Waals surface area contributed by atoms with E-state index in [-0.39, 0.29) is 5.60 Å². The molecule has 1 heterocycles. The first-order chi connectivity index (χ1) is 7.80. The summed E-state index contributed by atoms with van der Waals surface area (Å²) < 4.78 is 5.74. The van der Waals surface area contributed by atoms with Crippen LogP contribution < -0.4 is 5.32 Å². The van der Waals surface area contributed by atoms with E-state index in [1.807, 2.05) is 13.2 Å². The van der Waals surface area contributed by atoms with Crippen LogP contribution in [0.4, 0.5) is 0 Å². The monoisotopic (exact) mass is 223 g/mol. The molecule has 1 fully saturated rings. The van der Waals surface area contributed by atoms with Gasteiger partial charge in [-0.05, 0) is 19.9 Å². The van der Waals surface area contributed by atoms with Crippen molar-refractivity contribution in [3.8, 4) is 0 Å². The van der Waals surface area contributed by atoms with Gasteiger partial charge in [0.15, 0.2) is 0 Å². The summed E-state index contributed by atoms with van der Waals surface area (Å²) >= 11 is 0. The lowest BCUT2D eigenvalue weighted by atomic mass is 9.84. The lowest BCUT2D eigenvalue weighted by Gasteiger charge is -2.34. The maximum atomic E-state index is 5.74. The van der Waals surface area contributed by atoms with Gasteiger partial charge in [0.2, 0.25) is 0 Å². The molecule has 1 aromatic heterocycles. The van der Waals surface area contributed by atoms with Crippen molar-refractivity contribution >= 4 is 0 Å². The van der Waals surface area contributed by atoms with Gasteiger partial charge in [-0.25, -0.2) is 4.98 Å². The molecule has 1 aromatic rings. The molecule has 4 nitrogen and oxygen atoms in total. The van der Waals surface area contributed by atoms with Crippen LogP contribution in [0, 0.1) is 0 Å². The highest BCUT2D eigenvalue weighted by Crippen LogP contribution is 2.38. The highest BCUT2D eigenvalue weighted by atomic mass is 16.5. The number of ether oxygens (including phenoxy) is 1. The summed E-state index contributed by atoms with van der Waals surface area (Å²) in [7, 11) is 3.73. The molecule has 0 saturated heterocycles. The molecule has 1 aliphatic carbocycles. The second-order valence-electron chi connectivity index (χ2n) is 4.55. The van der Waals surface area contributed by atoms with E-state index in [4.69, 9.17) is 4.74 Å². The maximum absolute atomic E-state index is 5.74. The Morgan fingerprint density at radius 2 is 2.19 bits per heavy atom. The number of hydrogen-bond donors (Lipinski definition) is 2. The minimum absolute atomic E-state index is 0.162. The zero-order valence-electron chi connectivity index (χ0n) is 10.2. The fourth-order valence-electron chi connectivity index (χ4n) is 2.53. The molecule has 0 radical (unpaired) electrons. The molecule has 0 aromatic carbocycles. The van der Waals surface area contributed by atoms with Crippen LogP contribution in [0.3, 0.4) is 0 Å². The van der Waals surface area contributed by atoms with Crippen LogP contribution in [0.1, 0.15) is 43.6 Å². The van der Waals surface area contributed by atoms with Gasteiger partial charge in [-0.1, -0.05) is 19.3 Å². The fraction of sp³-hybridized carbons (Fsp3) is 0.750. The molecule has 0 spiro atoms. The van der Waals surface area contributed by atoms with Gasteiger partial charge in [-0.15, -0.1) is 0 Å². The maximum Gasteiger partial charge on any atom is 0.138 e. The van der Waals surface area contributed by atoms with Crippen molar-refractivity contribution in [3.05, 3.63) is 17.7 Å². The summed E-state index contributed by atoms with van der Waals surface area (Å²) in [4.78, 5) is 7.86. The average molecular weight is 223 g/mol. The lowest BCUT2D eigenvalue weighted by Crippen LogP contribution is -2.32. The first kappa shape index (κ1) is 11.6. The van der Waals surface area contributed by atoms with Crippen LogP contribution in [0.25, 0.3) is 0 Å². The van der Waals surface area contributed by atoms with Crippen molar-refractivity contribution in [2.24, 2.45) is 0 Å². The van der Waals surface area contributed by atoms with Crippen molar-refractivity contribution in [2.45, 2.75) is 44.2 Å². The number of methoxy groups -OCH3 is 1. The minimum atomic E-state index is -0.162. The molecule has 2 N–H and O–H groups in total. The van der Waals surface area contributed by atoms with E-state index >= 15 is 0 Å². The van der Waals surface area contributed by atoms with Gasteiger partial charge in [0.05, 0.1) is 0 Å². The van der Waals surface area contributed by atoms with E-state index in [9.17, 15) is 0 Å². The Kier molecular flexibility index (Phi) is 3.61. The fourth-order valence-corrected chi connectivity index (χ4v) is 2.53. The van der Waals surface area contributed by atoms with Crippen LogP contribution in [-0.2, 0) is 16.9 Å². The smallest absolute Gasteiger partial charge is 0.138 e. The summed E-state index contributed by atoms with van der Waals surface area (Å²) in [5, 5.41) is 3.12. The van der Waals surface area contributed by atoms with Gasteiger partial charge in [0.25, 0.3) is 0 Å². The molecule has 90 valence electrons. The molecule has 1 saturated carbocycles. The number of aromatic amines is 1. The summed E-state index contributed by atoms with van der Waals surface area (Å²) in [5.74, 6) is 1.000. The van der Waals surface area contributed by atoms with Gasteiger partial charge >= 0.3 is 0 Å². The molecule has 16 heavy (non-hydrogen) atoms. The van der Waals surface area contributed by atoms with Crippen LogP contribution in [0.2, 0.25) is 0 Å². The van der Waals surface area contributed by atoms with Crippen molar-refractivity contribution in [1.82, 2.24) is 15.3 Å². The molecule has 0 aliphatic heterocycles. The highest BCUT2D eigenvalue weighted by molar-refractivity contribution is 5.10.